The maximum Gasteiger partial charge on any atom is 0.125 e. The molecule has 0 saturated heterocycles. The summed E-state index contributed by atoms with van der Waals surface area (Å²) in [6.45, 7) is 11.7. The smallest absolute Gasteiger partial charge is 0.125 e. The highest BCUT2D eigenvalue weighted by atomic mass is 16.5. The number of hydrogen-bond donors (Lipinski definition) is 1. The molecule has 0 unspecified atom stereocenters. The summed E-state index contributed by atoms with van der Waals surface area (Å²) in [4.78, 5) is 0. The van der Waals surface area contributed by atoms with Gasteiger partial charge in [-0.3, -0.25) is 0 Å². The lowest BCUT2D eigenvalue weighted by Gasteiger charge is -2.12. The summed E-state index contributed by atoms with van der Waals surface area (Å²) in [5.74, 6) is 1.02. The van der Waals surface area contributed by atoms with E-state index < -0.39 is 0 Å². The number of benzene rings is 1. The molecule has 0 atom stereocenters. The SMILES string of the molecule is Cc1cccc(C)c1OCCNCCCOC(C)C. The maximum absolute atomic E-state index is 5.82. The second-order valence-corrected chi connectivity index (χ2v) is 5.09. The molecule has 0 aromatic heterocycles. The van der Waals surface area contributed by atoms with E-state index in [1.165, 1.54) is 11.1 Å². The number of rotatable bonds is 9. The van der Waals surface area contributed by atoms with Crippen LogP contribution in [0.25, 0.3) is 0 Å². The first-order chi connectivity index (χ1) is 9.11. The number of ether oxygens (including phenoxy) is 2. The second-order valence-electron chi connectivity index (χ2n) is 5.09. The highest BCUT2D eigenvalue weighted by Crippen LogP contribution is 2.21. The van der Waals surface area contributed by atoms with Crippen molar-refractivity contribution in [3.8, 4) is 5.75 Å². The molecule has 1 aromatic carbocycles. The first-order valence-electron chi connectivity index (χ1n) is 7.12. The van der Waals surface area contributed by atoms with Gasteiger partial charge in [-0.05, 0) is 51.8 Å². The van der Waals surface area contributed by atoms with Crippen molar-refractivity contribution in [1.29, 1.82) is 0 Å². The van der Waals surface area contributed by atoms with E-state index in [2.05, 4.69) is 51.2 Å². The summed E-state index contributed by atoms with van der Waals surface area (Å²) < 4.78 is 11.3. The highest BCUT2D eigenvalue weighted by molar-refractivity contribution is 5.39. The largest absolute Gasteiger partial charge is 0.492 e. The zero-order chi connectivity index (χ0) is 14.1. The molecule has 1 rings (SSSR count). The van der Waals surface area contributed by atoms with Gasteiger partial charge in [-0.25, -0.2) is 0 Å². The van der Waals surface area contributed by atoms with Gasteiger partial charge in [-0.2, -0.15) is 0 Å². The molecule has 0 aliphatic heterocycles. The van der Waals surface area contributed by atoms with Crippen LogP contribution in [0.5, 0.6) is 5.75 Å². The third-order valence-corrected chi connectivity index (χ3v) is 2.88. The van der Waals surface area contributed by atoms with E-state index in [9.17, 15) is 0 Å². The Morgan fingerprint density at radius 1 is 1.05 bits per heavy atom. The van der Waals surface area contributed by atoms with Gasteiger partial charge in [0.15, 0.2) is 0 Å². The van der Waals surface area contributed by atoms with Gasteiger partial charge in [0.25, 0.3) is 0 Å². The van der Waals surface area contributed by atoms with Crippen molar-refractivity contribution in [1.82, 2.24) is 5.32 Å². The Balaban J connectivity index is 2.08. The number of nitrogens with one attached hydrogen (secondary N) is 1. The normalized spacial score (nSPS) is 11.0. The van der Waals surface area contributed by atoms with Crippen LogP contribution < -0.4 is 10.1 Å². The Labute approximate surface area is 117 Å². The lowest BCUT2D eigenvalue weighted by molar-refractivity contribution is 0.0770. The van der Waals surface area contributed by atoms with Crippen LogP contribution in [0.15, 0.2) is 18.2 Å². The van der Waals surface area contributed by atoms with Gasteiger partial charge >= 0.3 is 0 Å². The molecule has 3 nitrogen and oxygen atoms in total. The van der Waals surface area contributed by atoms with Crippen LogP contribution in [0.4, 0.5) is 0 Å². The van der Waals surface area contributed by atoms with E-state index in [0.29, 0.717) is 12.7 Å². The Kier molecular flexibility index (Phi) is 7.53. The third kappa shape index (κ3) is 6.60. The molecule has 0 fully saturated rings. The zero-order valence-electron chi connectivity index (χ0n) is 12.7. The molecule has 108 valence electrons. The van der Waals surface area contributed by atoms with Crippen molar-refractivity contribution < 1.29 is 9.47 Å². The Hall–Kier alpha value is -1.06. The molecule has 0 amide bonds. The molecule has 0 aliphatic carbocycles. The van der Waals surface area contributed by atoms with E-state index in [4.69, 9.17) is 9.47 Å². The molecular formula is C16H27NO2. The first-order valence-corrected chi connectivity index (χ1v) is 7.12. The van der Waals surface area contributed by atoms with Crippen LogP contribution >= 0.6 is 0 Å². The van der Waals surface area contributed by atoms with Crippen molar-refractivity contribution in [2.75, 3.05) is 26.3 Å². The average Bonchev–Trinajstić information content (AvgIpc) is 2.35. The molecule has 0 spiro atoms. The summed E-state index contributed by atoms with van der Waals surface area (Å²) in [7, 11) is 0. The van der Waals surface area contributed by atoms with E-state index in [1.54, 1.807) is 0 Å². The van der Waals surface area contributed by atoms with E-state index in [1.807, 2.05) is 0 Å². The molecule has 0 bridgehead atoms. The standard InChI is InChI=1S/C16H27NO2/c1-13(2)18-11-6-9-17-10-12-19-16-14(3)7-5-8-15(16)4/h5,7-8,13,17H,6,9-12H2,1-4H3. The van der Waals surface area contributed by atoms with Crippen LogP contribution in [0.2, 0.25) is 0 Å². The van der Waals surface area contributed by atoms with Gasteiger partial charge in [0, 0.05) is 13.2 Å². The molecule has 0 aliphatic rings. The topological polar surface area (TPSA) is 30.5 Å². The minimum Gasteiger partial charge on any atom is -0.492 e. The lowest BCUT2D eigenvalue weighted by Crippen LogP contribution is -2.23. The van der Waals surface area contributed by atoms with Gasteiger partial charge in [0.1, 0.15) is 12.4 Å². The molecule has 0 heterocycles. The molecule has 0 saturated carbocycles. The molecule has 19 heavy (non-hydrogen) atoms. The van der Waals surface area contributed by atoms with Crippen LogP contribution in [-0.4, -0.2) is 32.4 Å². The van der Waals surface area contributed by atoms with Crippen LogP contribution in [0, 0.1) is 13.8 Å². The van der Waals surface area contributed by atoms with Gasteiger partial charge in [0.05, 0.1) is 6.10 Å². The Bertz CT molecular complexity index is 344. The van der Waals surface area contributed by atoms with E-state index >= 15 is 0 Å². The van der Waals surface area contributed by atoms with Gasteiger partial charge in [0.2, 0.25) is 0 Å². The van der Waals surface area contributed by atoms with E-state index in [0.717, 1.165) is 31.9 Å². The van der Waals surface area contributed by atoms with Crippen molar-refractivity contribution in [3.63, 3.8) is 0 Å². The van der Waals surface area contributed by atoms with Crippen LogP contribution in [0.1, 0.15) is 31.4 Å². The van der Waals surface area contributed by atoms with Crippen molar-refractivity contribution >= 4 is 0 Å². The summed E-state index contributed by atoms with van der Waals surface area (Å²) in [6.07, 6.45) is 1.37. The third-order valence-electron chi connectivity index (χ3n) is 2.88. The van der Waals surface area contributed by atoms with Gasteiger partial charge in [-0.1, -0.05) is 18.2 Å². The second kappa shape index (κ2) is 8.94. The summed E-state index contributed by atoms with van der Waals surface area (Å²) in [5, 5.41) is 3.36. The quantitative estimate of drug-likeness (QED) is 0.696. The molecule has 3 heteroatoms. The summed E-state index contributed by atoms with van der Waals surface area (Å²) in [6, 6.07) is 6.22. The first kappa shape index (κ1) is 16.0. The summed E-state index contributed by atoms with van der Waals surface area (Å²) >= 11 is 0. The Morgan fingerprint density at radius 3 is 2.37 bits per heavy atom. The molecule has 1 N–H and O–H groups in total. The highest BCUT2D eigenvalue weighted by Gasteiger charge is 2.02. The maximum atomic E-state index is 5.82. The monoisotopic (exact) mass is 265 g/mol. The van der Waals surface area contributed by atoms with Crippen LogP contribution in [0.3, 0.4) is 0 Å². The minimum atomic E-state index is 0.326. The van der Waals surface area contributed by atoms with Crippen LogP contribution in [-0.2, 0) is 4.74 Å². The minimum absolute atomic E-state index is 0.326. The fraction of sp³-hybridized carbons (Fsp3) is 0.625. The fourth-order valence-corrected chi connectivity index (χ4v) is 1.89. The number of para-hydroxylation sites is 1. The lowest BCUT2D eigenvalue weighted by atomic mass is 10.1. The predicted molar refractivity (Wildman–Crippen MR) is 80.0 cm³/mol. The average molecular weight is 265 g/mol. The predicted octanol–water partition coefficient (Wildman–Crippen LogP) is 3.09. The number of hydrogen-bond acceptors (Lipinski definition) is 3. The Morgan fingerprint density at radius 2 is 1.74 bits per heavy atom. The molecule has 0 radical (unpaired) electrons. The summed E-state index contributed by atoms with van der Waals surface area (Å²) in [5.41, 5.74) is 2.40. The van der Waals surface area contributed by atoms with Gasteiger partial charge < -0.3 is 14.8 Å². The molecule has 1 aromatic rings. The zero-order valence-corrected chi connectivity index (χ0v) is 12.7. The van der Waals surface area contributed by atoms with E-state index in [-0.39, 0.29) is 0 Å². The van der Waals surface area contributed by atoms with Gasteiger partial charge in [-0.15, -0.1) is 0 Å². The fourth-order valence-electron chi connectivity index (χ4n) is 1.89. The molecular weight excluding hydrogens is 238 g/mol. The van der Waals surface area contributed by atoms with Crippen molar-refractivity contribution in [2.24, 2.45) is 0 Å². The van der Waals surface area contributed by atoms with Crippen molar-refractivity contribution in [2.45, 2.75) is 40.2 Å². The number of aryl methyl sites for hydroxylation is 2. The van der Waals surface area contributed by atoms with Crippen molar-refractivity contribution in [3.05, 3.63) is 29.3 Å².